The molecular weight excluding hydrogens is 384 g/mol. The normalized spacial score (nSPS) is 11.6. The predicted molar refractivity (Wildman–Crippen MR) is 102 cm³/mol. The van der Waals surface area contributed by atoms with Crippen molar-refractivity contribution >= 4 is 44.4 Å². The van der Waals surface area contributed by atoms with Crippen LogP contribution in [0.15, 0.2) is 64.4 Å². The van der Waals surface area contributed by atoms with Gasteiger partial charge in [0.1, 0.15) is 0 Å². The van der Waals surface area contributed by atoms with Gasteiger partial charge in [-0.3, -0.25) is 14.8 Å². The van der Waals surface area contributed by atoms with E-state index in [-0.39, 0.29) is 5.78 Å². The summed E-state index contributed by atoms with van der Waals surface area (Å²) in [5, 5.41) is 1.05. The average Bonchev–Trinajstić information content (AvgIpc) is 2.56. The zero-order chi connectivity index (χ0) is 17.2. The number of aromatic nitrogens is 2. The Balaban J connectivity index is 1.86. The summed E-state index contributed by atoms with van der Waals surface area (Å²) in [5.74, 6) is 0.181. The molecule has 0 aliphatic carbocycles. The summed E-state index contributed by atoms with van der Waals surface area (Å²) in [6.45, 7) is 3.95. The first-order chi connectivity index (χ1) is 11.5. The number of nitrogens with zero attached hydrogens (tertiary/aromatic N) is 2. The van der Waals surface area contributed by atoms with Crippen LogP contribution in [0.2, 0.25) is 0 Å². The Kier molecular flexibility index (Phi) is 5.01. The van der Waals surface area contributed by atoms with Crippen LogP contribution < -0.4 is 0 Å². The lowest BCUT2D eigenvalue weighted by molar-refractivity contribution is -0.119. The number of rotatable bonds is 5. The topological polar surface area (TPSA) is 42.9 Å². The molecule has 24 heavy (non-hydrogen) atoms. The van der Waals surface area contributed by atoms with Crippen molar-refractivity contribution < 1.29 is 4.79 Å². The molecule has 1 aromatic carbocycles. The van der Waals surface area contributed by atoms with E-state index in [1.807, 2.05) is 50.2 Å². The molecule has 0 amide bonds. The first kappa shape index (κ1) is 17.1. The molecular formula is C19H17BrN2OS. The van der Waals surface area contributed by atoms with Crippen LogP contribution in [-0.2, 0) is 11.2 Å². The maximum atomic E-state index is 12.8. The van der Waals surface area contributed by atoms with Gasteiger partial charge < -0.3 is 0 Å². The third-order valence-electron chi connectivity index (χ3n) is 3.79. The minimum Gasteiger partial charge on any atom is -0.298 e. The number of thioether (sulfide) groups is 1. The fourth-order valence-corrected chi connectivity index (χ4v) is 3.91. The van der Waals surface area contributed by atoms with E-state index in [2.05, 4.69) is 25.9 Å². The standard InChI is InChI=1S/C19H17BrN2OS/c1-19(2,18(23)10-13-4-3-8-21-12-13)24-17-7-9-22-16-6-5-14(20)11-15(16)17/h3-9,11-12H,10H2,1-2H3. The molecule has 3 nitrogen and oxygen atoms in total. The minimum atomic E-state index is -0.535. The van der Waals surface area contributed by atoms with E-state index in [0.717, 1.165) is 25.8 Å². The summed E-state index contributed by atoms with van der Waals surface area (Å²) in [6.07, 6.45) is 5.65. The van der Waals surface area contributed by atoms with Crippen molar-refractivity contribution in [1.82, 2.24) is 9.97 Å². The minimum absolute atomic E-state index is 0.181. The van der Waals surface area contributed by atoms with Crippen LogP contribution in [0.3, 0.4) is 0 Å². The van der Waals surface area contributed by atoms with Gasteiger partial charge in [0.25, 0.3) is 0 Å². The summed E-state index contributed by atoms with van der Waals surface area (Å²) in [5.41, 5.74) is 1.87. The van der Waals surface area contributed by atoms with Crippen LogP contribution in [0, 0.1) is 0 Å². The van der Waals surface area contributed by atoms with Crippen LogP contribution in [0.4, 0.5) is 0 Å². The van der Waals surface area contributed by atoms with Gasteiger partial charge in [-0.15, -0.1) is 11.8 Å². The molecule has 122 valence electrons. The number of carbonyl (C=O) groups is 1. The van der Waals surface area contributed by atoms with E-state index in [4.69, 9.17) is 0 Å². The SMILES string of the molecule is CC(C)(Sc1ccnc2ccc(Br)cc12)C(=O)Cc1cccnc1. The van der Waals surface area contributed by atoms with Gasteiger partial charge >= 0.3 is 0 Å². The van der Waals surface area contributed by atoms with E-state index in [9.17, 15) is 4.79 Å². The number of ketones is 1. The summed E-state index contributed by atoms with van der Waals surface area (Å²) in [4.78, 5) is 22.3. The Morgan fingerprint density at radius 3 is 2.79 bits per heavy atom. The van der Waals surface area contributed by atoms with E-state index >= 15 is 0 Å². The lowest BCUT2D eigenvalue weighted by atomic mass is 10.0. The molecule has 3 rings (SSSR count). The van der Waals surface area contributed by atoms with E-state index in [1.165, 1.54) is 0 Å². The van der Waals surface area contributed by atoms with Gasteiger partial charge in [0, 0.05) is 39.8 Å². The summed E-state index contributed by atoms with van der Waals surface area (Å²) in [6, 6.07) is 11.8. The van der Waals surface area contributed by atoms with Crippen LogP contribution in [-0.4, -0.2) is 20.5 Å². The van der Waals surface area contributed by atoms with Gasteiger partial charge in [0.2, 0.25) is 0 Å². The molecule has 0 atom stereocenters. The quantitative estimate of drug-likeness (QED) is 0.560. The number of halogens is 1. The first-order valence-corrected chi connectivity index (χ1v) is 9.22. The molecule has 0 aliphatic heterocycles. The number of hydrogen-bond acceptors (Lipinski definition) is 4. The smallest absolute Gasteiger partial charge is 0.153 e. The predicted octanol–water partition coefficient (Wildman–Crippen LogP) is 5.07. The van der Waals surface area contributed by atoms with Gasteiger partial charge in [-0.1, -0.05) is 22.0 Å². The number of Topliss-reactive ketones (excluding diaryl/α,β-unsaturated/α-hetero) is 1. The van der Waals surface area contributed by atoms with E-state index in [0.29, 0.717) is 6.42 Å². The molecule has 5 heteroatoms. The van der Waals surface area contributed by atoms with Crippen molar-refractivity contribution in [2.75, 3.05) is 0 Å². The maximum Gasteiger partial charge on any atom is 0.153 e. The molecule has 3 aromatic rings. The van der Waals surface area contributed by atoms with Gasteiger partial charge in [0.15, 0.2) is 5.78 Å². The largest absolute Gasteiger partial charge is 0.298 e. The highest BCUT2D eigenvalue weighted by Crippen LogP contribution is 2.38. The van der Waals surface area contributed by atoms with Crippen molar-refractivity contribution in [2.45, 2.75) is 29.9 Å². The summed E-state index contributed by atoms with van der Waals surface area (Å²) >= 11 is 5.09. The number of pyridine rings is 2. The molecule has 0 N–H and O–H groups in total. The highest BCUT2D eigenvalue weighted by atomic mass is 79.9. The fourth-order valence-electron chi connectivity index (χ4n) is 2.41. The van der Waals surface area contributed by atoms with Crippen LogP contribution >= 0.6 is 27.7 Å². The van der Waals surface area contributed by atoms with Gasteiger partial charge in [0.05, 0.1) is 10.3 Å². The molecule has 2 heterocycles. The highest BCUT2D eigenvalue weighted by Gasteiger charge is 2.29. The van der Waals surface area contributed by atoms with Crippen molar-refractivity contribution in [3.8, 4) is 0 Å². The van der Waals surface area contributed by atoms with Crippen molar-refractivity contribution in [3.63, 3.8) is 0 Å². The fraction of sp³-hybridized carbons (Fsp3) is 0.211. The molecule has 0 fully saturated rings. The van der Waals surface area contributed by atoms with Crippen molar-refractivity contribution in [3.05, 3.63) is 65.0 Å². The zero-order valence-electron chi connectivity index (χ0n) is 13.5. The van der Waals surface area contributed by atoms with E-state index in [1.54, 1.807) is 30.4 Å². The molecule has 2 aromatic heterocycles. The zero-order valence-corrected chi connectivity index (χ0v) is 15.9. The number of fused-ring (bicyclic) bond motifs is 1. The second kappa shape index (κ2) is 7.03. The molecule has 0 bridgehead atoms. The average molecular weight is 401 g/mol. The van der Waals surface area contributed by atoms with Crippen LogP contribution in [0.5, 0.6) is 0 Å². The third kappa shape index (κ3) is 3.84. The molecule has 0 saturated heterocycles. The molecule has 0 unspecified atom stereocenters. The Morgan fingerprint density at radius 2 is 2.04 bits per heavy atom. The van der Waals surface area contributed by atoms with Crippen LogP contribution in [0.25, 0.3) is 10.9 Å². The number of carbonyl (C=O) groups excluding carboxylic acids is 1. The highest BCUT2D eigenvalue weighted by molar-refractivity contribution is 9.10. The second-order valence-corrected chi connectivity index (χ2v) is 8.62. The maximum absolute atomic E-state index is 12.8. The van der Waals surface area contributed by atoms with Crippen LogP contribution in [0.1, 0.15) is 19.4 Å². The molecule has 0 saturated carbocycles. The number of benzene rings is 1. The molecule has 0 spiro atoms. The lowest BCUT2D eigenvalue weighted by Gasteiger charge is -2.23. The number of hydrogen-bond donors (Lipinski definition) is 0. The summed E-state index contributed by atoms with van der Waals surface area (Å²) < 4.78 is 0.469. The van der Waals surface area contributed by atoms with E-state index < -0.39 is 4.75 Å². The summed E-state index contributed by atoms with van der Waals surface area (Å²) in [7, 11) is 0. The van der Waals surface area contributed by atoms with Crippen molar-refractivity contribution in [1.29, 1.82) is 0 Å². The Bertz CT molecular complexity index is 881. The Morgan fingerprint density at radius 1 is 1.21 bits per heavy atom. The second-order valence-electron chi connectivity index (χ2n) is 6.04. The Hall–Kier alpha value is -1.72. The van der Waals surface area contributed by atoms with Crippen molar-refractivity contribution in [2.24, 2.45) is 0 Å². The lowest BCUT2D eigenvalue weighted by Crippen LogP contribution is -2.29. The monoisotopic (exact) mass is 400 g/mol. The first-order valence-electron chi connectivity index (χ1n) is 7.61. The van der Waals surface area contributed by atoms with Gasteiger partial charge in [-0.2, -0.15) is 0 Å². The van der Waals surface area contributed by atoms with Gasteiger partial charge in [-0.25, -0.2) is 0 Å². The third-order valence-corrected chi connectivity index (χ3v) is 5.59. The molecule has 0 radical (unpaired) electrons. The van der Waals surface area contributed by atoms with Gasteiger partial charge in [-0.05, 0) is 49.7 Å². The Labute approximate surface area is 154 Å². The molecule has 0 aliphatic rings.